The maximum Gasteiger partial charge on any atom is 0.142 e. The third-order valence-electron chi connectivity index (χ3n) is 6.35. The van der Waals surface area contributed by atoms with E-state index in [1.54, 1.807) is 0 Å². The summed E-state index contributed by atoms with van der Waals surface area (Å²) >= 11 is 0. The van der Waals surface area contributed by atoms with E-state index >= 15 is 0 Å². The summed E-state index contributed by atoms with van der Waals surface area (Å²) in [6, 6.07) is 27.8. The molecule has 0 N–H and O–H groups in total. The fourth-order valence-electron chi connectivity index (χ4n) is 5.02. The van der Waals surface area contributed by atoms with Crippen LogP contribution in [0.15, 0.2) is 115 Å². The minimum absolute atomic E-state index is 0.619. The van der Waals surface area contributed by atoms with Gasteiger partial charge in [-0.15, -0.1) is 0 Å². The predicted molar refractivity (Wildman–Crippen MR) is 137 cm³/mol. The summed E-state index contributed by atoms with van der Waals surface area (Å²) < 4.78 is 2.41. The first-order valence-corrected chi connectivity index (χ1v) is 11.3. The van der Waals surface area contributed by atoms with E-state index in [9.17, 15) is 0 Å². The van der Waals surface area contributed by atoms with Gasteiger partial charge in [0.2, 0.25) is 0 Å². The Balaban J connectivity index is 2.09. The Morgan fingerprint density at radius 1 is 0.818 bits per heavy atom. The van der Waals surface area contributed by atoms with E-state index < -0.39 is 5.54 Å². The molecule has 0 aliphatic carbocycles. The fourth-order valence-corrected chi connectivity index (χ4v) is 5.02. The molecule has 5 rings (SSSR count). The van der Waals surface area contributed by atoms with E-state index in [1.165, 1.54) is 16.7 Å². The third-order valence-corrected chi connectivity index (χ3v) is 6.35. The monoisotopic (exact) mass is 429 g/mol. The number of hydrogen-bond donors (Lipinski definition) is 0. The van der Waals surface area contributed by atoms with Gasteiger partial charge in [-0.3, -0.25) is 4.98 Å². The van der Waals surface area contributed by atoms with E-state index in [2.05, 4.69) is 127 Å². The second kappa shape index (κ2) is 8.51. The number of hydrogen-bond acceptors (Lipinski definition) is 2. The summed E-state index contributed by atoms with van der Waals surface area (Å²) in [7, 11) is 0. The molecule has 162 valence electrons. The molecule has 2 aromatic carbocycles. The number of allylic oxidation sites excluding steroid dienone is 4. The largest absolute Gasteiger partial charge is 0.307 e. The number of rotatable bonds is 5. The highest BCUT2D eigenvalue weighted by atomic mass is 15.1. The fraction of sp³-hybridized carbons (Fsp3) is 0.133. The summed E-state index contributed by atoms with van der Waals surface area (Å²) in [6.07, 6.45) is 10.4. The van der Waals surface area contributed by atoms with E-state index in [-0.39, 0.29) is 0 Å². The number of pyridine rings is 2. The van der Waals surface area contributed by atoms with Crippen LogP contribution in [0.4, 0.5) is 0 Å². The Hall–Kier alpha value is -3.98. The van der Waals surface area contributed by atoms with Gasteiger partial charge in [-0.25, -0.2) is 4.98 Å². The molecule has 0 atom stereocenters. The molecule has 5 aromatic rings. The maximum absolute atomic E-state index is 5.09. The Morgan fingerprint density at radius 3 is 2.09 bits per heavy atom. The minimum atomic E-state index is -0.619. The van der Waals surface area contributed by atoms with Crippen LogP contribution in [-0.4, -0.2) is 14.5 Å². The quantitative estimate of drug-likeness (QED) is 0.276. The van der Waals surface area contributed by atoms with Crippen molar-refractivity contribution in [2.45, 2.75) is 26.3 Å². The lowest BCUT2D eigenvalue weighted by atomic mass is 9.75. The smallest absolute Gasteiger partial charge is 0.142 e. The molecule has 0 bridgehead atoms. The second-order valence-corrected chi connectivity index (χ2v) is 8.24. The molecule has 3 aromatic heterocycles. The second-order valence-electron chi connectivity index (χ2n) is 8.24. The van der Waals surface area contributed by atoms with Gasteiger partial charge in [0.15, 0.2) is 0 Å². The van der Waals surface area contributed by atoms with Crippen LogP contribution in [0.5, 0.6) is 0 Å². The van der Waals surface area contributed by atoms with Crippen molar-refractivity contribution < 1.29 is 0 Å². The maximum atomic E-state index is 5.09. The van der Waals surface area contributed by atoms with Crippen LogP contribution in [-0.2, 0) is 5.54 Å². The SMILES string of the molecule is C/C=C\C(=C/C)C(c1ccccc1)(c1ccccc1)n1c2ccncc2c2ccc(C)nc21. The average molecular weight is 430 g/mol. The van der Waals surface area contributed by atoms with Crippen LogP contribution in [0, 0.1) is 6.92 Å². The zero-order chi connectivity index (χ0) is 22.8. The van der Waals surface area contributed by atoms with Gasteiger partial charge in [0.25, 0.3) is 0 Å². The molecule has 3 heteroatoms. The van der Waals surface area contributed by atoms with Crippen LogP contribution in [0.2, 0.25) is 0 Å². The van der Waals surface area contributed by atoms with Crippen LogP contribution in [0.1, 0.15) is 30.7 Å². The van der Waals surface area contributed by atoms with Crippen molar-refractivity contribution in [2.24, 2.45) is 0 Å². The summed E-state index contributed by atoms with van der Waals surface area (Å²) in [5.74, 6) is 0. The molecule has 3 heterocycles. The molecule has 33 heavy (non-hydrogen) atoms. The van der Waals surface area contributed by atoms with Gasteiger partial charge in [-0.05, 0) is 55.7 Å². The standard InChI is InChI=1S/C30H27N3/c1-4-12-23(5-2)30(24-13-8-6-9-14-24,25-15-10-7-11-16-25)33-28-19-20-31-21-27(28)26-18-17-22(3)32-29(26)33/h4-21H,1-3H3/b12-4-,23-5+. The summed E-state index contributed by atoms with van der Waals surface area (Å²) in [5, 5.41) is 2.21. The van der Waals surface area contributed by atoms with Crippen LogP contribution >= 0.6 is 0 Å². The van der Waals surface area contributed by atoms with E-state index in [0.717, 1.165) is 27.6 Å². The van der Waals surface area contributed by atoms with E-state index in [0.29, 0.717) is 0 Å². The summed E-state index contributed by atoms with van der Waals surface area (Å²) in [5.41, 5.74) is 5.97. The highest BCUT2D eigenvalue weighted by Crippen LogP contribution is 2.46. The van der Waals surface area contributed by atoms with Crippen molar-refractivity contribution >= 4 is 21.9 Å². The van der Waals surface area contributed by atoms with Gasteiger partial charge >= 0.3 is 0 Å². The first-order chi connectivity index (χ1) is 16.2. The Labute approximate surface area is 194 Å². The predicted octanol–water partition coefficient (Wildman–Crippen LogP) is 7.21. The van der Waals surface area contributed by atoms with E-state index in [4.69, 9.17) is 4.98 Å². The van der Waals surface area contributed by atoms with Crippen LogP contribution in [0.3, 0.4) is 0 Å². The molecule has 0 aliphatic heterocycles. The molecular formula is C30H27N3. The topological polar surface area (TPSA) is 30.7 Å². The van der Waals surface area contributed by atoms with Gasteiger partial charge in [0.05, 0.1) is 5.52 Å². The van der Waals surface area contributed by atoms with Gasteiger partial charge in [0.1, 0.15) is 11.2 Å². The van der Waals surface area contributed by atoms with Gasteiger partial charge in [0, 0.05) is 28.9 Å². The van der Waals surface area contributed by atoms with Crippen molar-refractivity contribution in [1.82, 2.24) is 14.5 Å². The number of aromatic nitrogens is 3. The Kier molecular flexibility index (Phi) is 5.39. The van der Waals surface area contributed by atoms with Crippen molar-refractivity contribution in [3.05, 3.63) is 132 Å². The van der Waals surface area contributed by atoms with E-state index in [1.807, 2.05) is 12.4 Å². The molecule has 0 spiro atoms. The zero-order valence-corrected chi connectivity index (χ0v) is 19.2. The molecular weight excluding hydrogens is 402 g/mol. The zero-order valence-electron chi connectivity index (χ0n) is 19.2. The minimum Gasteiger partial charge on any atom is -0.307 e. The average Bonchev–Trinajstić information content (AvgIpc) is 3.19. The highest BCUT2D eigenvalue weighted by Gasteiger charge is 2.41. The first kappa shape index (κ1) is 20.9. The molecule has 0 fully saturated rings. The summed E-state index contributed by atoms with van der Waals surface area (Å²) in [4.78, 5) is 9.55. The molecule has 0 unspecified atom stereocenters. The summed E-state index contributed by atoms with van der Waals surface area (Å²) in [6.45, 7) is 6.24. The van der Waals surface area contributed by atoms with Crippen LogP contribution in [0.25, 0.3) is 21.9 Å². The van der Waals surface area contributed by atoms with Gasteiger partial charge in [-0.1, -0.05) is 78.9 Å². The molecule has 0 saturated carbocycles. The number of nitrogens with zero attached hydrogens (tertiary/aromatic N) is 3. The molecule has 0 aliphatic rings. The van der Waals surface area contributed by atoms with Gasteiger partial charge in [-0.2, -0.15) is 0 Å². The molecule has 0 amide bonds. The Bertz CT molecular complexity index is 1440. The number of benzene rings is 2. The van der Waals surface area contributed by atoms with Crippen LogP contribution < -0.4 is 0 Å². The number of fused-ring (bicyclic) bond motifs is 3. The first-order valence-electron chi connectivity index (χ1n) is 11.3. The molecule has 3 nitrogen and oxygen atoms in total. The lowest BCUT2D eigenvalue weighted by Gasteiger charge is -2.39. The molecule has 0 radical (unpaired) electrons. The highest BCUT2D eigenvalue weighted by molar-refractivity contribution is 6.07. The van der Waals surface area contributed by atoms with Crippen molar-refractivity contribution in [3.8, 4) is 0 Å². The Morgan fingerprint density at radius 2 is 1.48 bits per heavy atom. The third kappa shape index (κ3) is 3.20. The van der Waals surface area contributed by atoms with Crippen molar-refractivity contribution in [3.63, 3.8) is 0 Å². The normalized spacial score (nSPS) is 12.8. The lowest BCUT2D eigenvalue weighted by Crippen LogP contribution is -2.38. The lowest BCUT2D eigenvalue weighted by molar-refractivity contribution is 0.543. The van der Waals surface area contributed by atoms with Crippen molar-refractivity contribution in [1.29, 1.82) is 0 Å². The van der Waals surface area contributed by atoms with Crippen molar-refractivity contribution in [2.75, 3.05) is 0 Å². The molecule has 0 saturated heterocycles. The number of aryl methyl sites for hydroxylation is 1. The van der Waals surface area contributed by atoms with Gasteiger partial charge < -0.3 is 4.57 Å².